The molecule has 0 unspecified atom stereocenters. The van der Waals surface area contributed by atoms with Crippen molar-refractivity contribution in [2.75, 3.05) is 11.0 Å². The zero-order valence-electron chi connectivity index (χ0n) is 15.1. The lowest BCUT2D eigenvalue weighted by Gasteiger charge is -2.11. The monoisotopic (exact) mass is 420 g/mol. The van der Waals surface area contributed by atoms with E-state index in [1.807, 2.05) is 0 Å². The predicted octanol–water partition coefficient (Wildman–Crippen LogP) is 3.00. The molecule has 1 amide bonds. The smallest absolute Gasteiger partial charge is 0.252 e. The Morgan fingerprint density at radius 2 is 1.93 bits per heavy atom. The van der Waals surface area contributed by atoms with Crippen LogP contribution in [0.25, 0.3) is 11.4 Å². The van der Waals surface area contributed by atoms with Gasteiger partial charge in [-0.2, -0.15) is 4.98 Å². The van der Waals surface area contributed by atoms with Crippen LogP contribution in [-0.4, -0.2) is 30.7 Å². The SMILES string of the molecule is Cc1c(NS(C)(=O)=O)cccc1C(=O)NCc1nc(-c2ccccc2Cl)no1. The van der Waals surface area contributed by atoms with Gasteiger partial charge in [-0.1, -0.05) is 35.0 Å². The van der Waals surface area contributed by atoms with Gasteiger partial charge in [0.1, 0.15) is 0 Å². The van der Waals surface area contributed by atoms with E-state index >= 15 is 0 Å². The van der Waals surface area contributed by atoms with E-state index in [9.17, 15) is 13.2 Å². The molecular formula is C18H17ClN4O4S. The predicted molar refractivity (Wildman–Crippen MR) is 106 cm³/mol. The minimum Gasteiger partial charge on any atom is -0.343 e. The highest BCUT2D eigenvalue weighted by Crippen LogP contribution is 2.25. The van der Waals surface area contributed by atoms with E-state index in [-0.39, 0.29) is 12.4 Å². The second-order valence-electron chi connectivity index (χ2n) is 6.03. The van der Waals surface area contributed by atoms with Crippen LogP contribution in [0.3, 0.4) is 0 Å². The lowest BCUT2D eigenvalue weighted by Crippen LogP contribution is -2.24. The number of hydrogen-bond acceptors (Lipinski definition) is 6. The van der Waals surface area contributed by atoms with Crippen molar-refractivity contribution in [1.29, 1.82) is 0 Å². The number of nitrogens with zero attached hydrogens (tertiary/aromatic N) is 2. The van der Waals surface area contributed by atoms with Gasteiger partial charge in [0.25, 0.3) is 5.91 Å². The second-order valence-corrected chi connectivity index (χ2v) is 8.18. The Morgan fingerprint density at radius 1 is 1.18 bits per heavy atom. The van der Waals surface area contributed by atoms with Gasteiger partial charge in [0.05, 0.1) is 23.5 Å². The fraction of sp³-hybridized carbons (Fsp3) is 0.167. The van der Waals surface area contributed by atoms with E-state index in [1.165, 1.54) is 0 Å². The fourth-order valence-corrected chi connectivity index (χ4v) is 3.36. The molecule has 2 N–H and O–H groups in total. The minimum absolute atomic E-state index is 0.0134. The maximum atomic E-state index is 12.5. The number of benzene rings is 2. The summed E-state index contributed by atoms with van der Waals surface area (Å²) in [5.41, 5.74) is 1.81. The van der Waals surface area contributed by atoms with Gasteiger partial charge in [0, 0.05) is 11.1 Å². The highest BCUT2D eigenvalue weighted by Gasteiger charge is 2.16. The van der Waals surface area contributed by atoms with Gasteiger partial charge in [0.15, 0.2) is 0 Å². The zero-order valence-corrected chi connectivity index (χ0v) is 16.6. The second kappa shape index (κ2) is 7.99. The van der Waals surface area contributed by atoms with Gasteiger partial charge in [-0.15, -0.1) is 0 Å². The van der Waals surface area contributed by atoms with Crippen LogP contribution >= 0.6 is 11.6 Å². The number of rotatable bonds is 6. The molecule has 8 nitrogen and oxygen atoms in total. The van der Waals surface area contributed by atoms with E-state index in [0.29, 0.717) is 33.2 Å². The molecule has 28 heavy (non-hydrogen) atoms. The number of halogens is 1. The van der Waals surface area contributed by atoms with Crippen LogP contribution in [0.4, 0.5) is 5.69 Å². The third-order valence-electron chi connectivity index (χ3n) is 3.86. The lowest BCUT2D eigenvalue weighted by atomic mass is 10.1. The van der Waals surface area contributed by atoms with Gasteiger partial charge in [-0.05, 0) is 36.8 Å². The first-order chi connectivity index (χ1) is 13.2. The summed E-state index contributed by atoms with van der Waals surface area (Å²) in [7, 11) is -3.45. The Hall–Kier alpha value is -2.91. The Labute approximate surface area is 167 Å². The van der Waals surface area contributed by atoms with Crippen molar-refractivity contribution in [2.45, 2.75) is 13.5 Å². The number of carbonyl (C=O) groups is 1. The van der Waals surface area contributed by atoms with Gasteiger partial charge >= 0.3 is 0 Å². The van der Waals surface area contributed by atoms with Crippen LogP contribution in [0.2, 0.25) is 5.02 Å². The van der Waals surface area contributed by atoms with Crippen molar-refractivity contribution in [1.82, 2.24) is 15.5 Å². The van der Waals surface area contributed by atoms with Crippen LogP contribution in [0.5, 0.6) is 0 Å². The zero-order chi connectivity index (χ0) is 20.3. The van der Waals surface area contributed by atoms with Crippen molar-refractivity contribution in [3.05, 3.63) is 64.5 Å². The van der Waals surface area contributed by atoms with E-state index in [2.05, 4.69) is 20.2 Å². The van der Waals surface area contributed by atoms with Crippen molar-refractivity contribution in [2.24, 2.45) is 0 Å². The van der Waals surface area contributed by atoms with E-state index in [1.54, 1.807) is 49.4 Å². The van der Waals surface area contributed by atoms with E-state index in [4.69, 9.17) is 16.1 Å². The molecule has 2 aromatic carbocycles. The van der Waals surface area contributed by atoms with E-state index < -0.39 is 15.9 Å². The first kappa shape index (κ1) is 19.8. The van der Waals surface area contributed by atoms with Gasteiger partial charge in [-0.3, -0.25) is 9.52 Å². The fourth-order valence-electron chi connectivity index (χ4n) is 2.52. The van der Waals surface area contributed by atoms with Crippen LogP contribution in [0.1, 0.15) is 21.8 Å². The molecule has 3 rings (SSSR count). The summed E-state index contributed by atoms with van der Waals surface area (Å²) in [6.45, 7) is 1.67. The highest BCUT2D eigenvalue weighted by molar-refractivity contribution is 7.92. The normalized spacial score (nSPS) is 11.2. The summed E-state index contributed by atoms with van der Waals surface area (Å²) in [5, 5.41) is 7.04. The van der Waals surface area contributed by atoms with Crippen LogP contribution < -0.4 is 10.0 Å². The molecule has 0 radical (unpaired) electrons. The molecule has 0 aliphatic heterocycles. The largest absolute Gasteiger partial charge is 0.343 e. The molecule has 10 heteroatoms. The van der Waals surface area contributed by atoms with E-state index in [0.717, 1.165) is 6.26 Å². The number of carbonyl (C=O) groups excluding carboxylic acids is 1. The van der Waals surface area contributed by atoms with Gasteiger partial charge in [0.2, 0.25) is 21.7 Å². The average molecular weight is 421 g/mol. The number of nitrogens with one attached hydrogen (secondary N) is 2. The number of sulfonamides is 1. The Kier molecular flexibility index (Phi) is 5.66. The molecule has 1 aromatic heterocycles. The molecule has 0 saturated carbocycles. The summed E-state index contributed by atoms with van der Waals surface area (Å²) >= 11 is 6.11. The summed E-state index contributed by atoms with van der Waals surface area (Å²) < 4.78 is 30.4. The maximum absolute atomic E-state index is 12.5. The van der Waals surface area contributed by atoms with Crippen LogP contribution in [0, 0.1) is 6.92 Å². The maximum Gasteiger partial charge on any atom is 0.252 e. The molecule has 0 aliphatic rings. The standard InChI is InChI=1S/C18H17ClN4O4S/c1-11-12(7-5-9-15(11)23-28(2,25)26)18(24)20-10-16-21-17(22-27-16)13-6-3-4-8-14(13)19/h3-9,23H,10H2,1-2H3,(H,20,24). The lowest BCUT2D eigenvalue weighted by molar-refractivity contribution is 0.0945. The number of amides is 1. The molecule has 0 spiro atoms. The molecular weight excluding hydrogens is 404 g/mol. The topological polar surface area (TPSA) is 114 Å². The number of anilines is 1. The number of hydrogen-bond donors (Lipinski definition) is 2. The molecule has 0 atom stereocenters. The molecule has 0 fully saturated rings. The van der Waals surface area contributed by atoms with Crippen molar-refractivity contribution < 1.29 is 17.7 Å². The average Bonchev–Trinajstić information content (AvgIpc) is 3.09. The molecule has 3 aromatic rings. The summed E-state index contributed by atoms with van der Waals surface area (Å²) in [4.78, 5) is 16.7. The van der Waals surface area contributed by atoms with Gasteiger partial charge < -0.3 is 9.84 Å². The highest BCUT2D eigenvalue weighted by atomic mass is 35.5. The Morgan fingerprint density at radius 3 is 2.64 bits per heavy atom. The first-order valence-corrected chi connectivity index (χ1v) is 10.4. The quantitative estimate of drug-likeness (QED) is 0.633. The van der Waals surface area contributed by atoms with Crippen LogP contribution in [-0.2, 0) is 16.6 Å². The van der Waals surface area contributed by atoms with Crippen molar-refractivity contribution in [3.63, 3.8) is 0 Å². The van der Waals surface area contributed by atoms with Crippen molar-refractivity contribution in [3.8, 4) is 11.4 Å². The number of aromatic nitrogens is 2. The van der Waals surface area contributed by atoms with Gasteiger partial charge in [-0.25, -0.2) is 8.42 Å². The summed E-state index contributed by atoms with van der Waals surface area (Å²) in [5.74, 6) is 0.142. The third kappa shape index (κ3) is 4.68. The Balaban J connectivity index is 1.72. The summed E-state index contributed by atoms with van der Waals surface area (Å²) in [6.07, 6.45) is 1.05. The molecule has 0 bridgehead atoms. The molecule has 0 aliphatic carbocycles. The molecule has 1 heterocycles. The summed E-state index contributed by atoms with van der Waals surface area (Å²) in [6, 6.07) is 11.9. The first-order valence-electron chi connectivity index (χ1n) is 8.17. The molecule has 146 valence electrons. The Bertz CT molecular complexity index is 1130. The van der Waals surface area contributed by atoms with Crippen molar-refractivity contribution >= 4 is 33.2 Å². The minimum atomic E-state index is -3.45. The van der Waals surface area contributed by atoms with Crippen LogP contribution in [0.15, 0.2) is 47.0 Å². The molecule has 0 saturated heterocycles. The third-order valence-corrected chi connectivity index (χ3v) is 4.78.